The Morgan fingerprint density at radius 2 is 2.14 bits per heavy atom. The number of nitrogens with one attached hydrogen (secondary N) is 1. The van der Waals surface area contributed by atoms with Gasteiger partial charge in [-0.15, -0.1) is 0 Å². The zero-order valence-corrected chi connectivity index (χ0v) is 13.5. The molecule has 1 saturated heterocycles. The second kappa shape index (κ2) is 7.81. The molecule has 1 heterocycles. The van der Waals surface area contributed by atoms with Gasteiger partial charge in [-0.3, -0.25) is 4.79 Å². The molecule has 2 aliphatic rings. The highest BCUT2D eigenvalue weighted by Gasteiger charge is 2.55. The number of nitrogens with zero attached hydrogens (tertiary/aromatic N) is 1. The molecule has 2 atom stereocenters. The van der Waals surface area contributed by atoms with Crippen molar-refractivity contribution in [3.8, 4) is 0 Å². The quantitative estimate of drug-likeness (QED) is 0.673. The smallest absolute Gasteiger partial charge is 0.317 e. The molecule has 6 heteroatoms. The highest BCUT2D eigenvalue weighted by Crippen LogP contribution is 2.48. The number of carboxylic acids is 1. The van der Waals surface area contributed by atoms with E-state index < -0.39 is 11.4 Å². The van der Waals surface area contributed by atoms with Crippen LogP contribution in [0, 0.1) is 11.3 Å². The fraction of sp³-hybridized carbons (Fsp3) is 0.875. The average molecular weight is 312 g/mol. The van der Waals surface area contributed by atoms with Gasteiger partial charge in [-0.05, 0) is 31.6 Å². The van der Waals surface area contributed by atoms with Crippen LogP contribution in [0.5, 0.6) is 0 Å². The van der Waals surface area contributed by atoms with Crippen LogP contribution in [0.25, 0.3) is 0 Å². The van der Waals surface area contributed by atoms with Crippen LogP contribution in [-0.4, -0.2) is 54.9 Å². The van der Waals surface area contributed by atoms with Crippen LogP contribution < -0.4 is 5.32 Å². The molecule has 126 valence electrons. The molecule has 0 spiro atoms. The van der Waals surface area contributed by atoms with Gasteiger partial charge in [0.15, 0.2) is 0 Å². The predicted octanol–water partition coefficient (Wildman–Crippen LogP) is 2.09. The molecule has 2 amide bonds. The number of carbonyl (C=O) groups excluding carboxylic acids is 1. The van der Waals surface area contributed by atoms with E-state index in [1.165, 1.54) is 0 Å². The Bertz CT molecular complexity index is 402. The maximum Gasteiger partial charge on any atom is 0.317 e. The maximum absolute atomic E-state index is 12.2. The van der Waals surface area contributed by atoms with Crippen LogP contribution in [0.4, 0.5) is 4.79 Å². The summed E-state index contributed by atoms with van der Waals surface area (Å²) in [7, 11) is 0. The van der Waals surface area contributed by atoms with E-state index in [4.69, 9.17) is 4.74 Å². The first-order chi connectivity index (χ1) is 10.6. The SMILES string of the molecule is CCCCOCCCNC(=O)N1C[C@@H]2CCC[C@@]2(C(=O)O)C1. The van der Waals surface area contributed by atoms with E-state index in [-0.39, 0.29) is 11.9 Å². The minimum atomic E-state index is -0.741. The normalized spacial score (nSPS) is 27.0. The third kappa shape index (κ3) is 3.72. The number of hydrogen-bond acceptors (Lipinski definition) is 3. The number of hydrogen-bond donors (Lipinski definition) is 2. The Morgan fingerprint density at radius 3 is 2.82 bits per heavy atom. The monoisotopic (exact) mass is 312 g/mol. The average Bonchev–Trinajstić information content (AvgIpc) is 3.04. The summed E-state index contributed by atoms with van der Waals surface area (Å²) in [5.41, 5.74) is -0.694. The number of fused-ring (bicyclic) bond motifs is 1. The number of amides is 2. The second-order valence-corrected chi connectivity index (χ2v) is 6.48. The summed E-state index contributed by atoms with van der Waals surface area (Å²) in [6.07, 6.45) is 5.55. The molecule has 1 saturated carbocycles. The fourth-order valence-corrected chi connectivity index (χ4v) is 3.62. The van der Waals surface area contributed by atoms with Gasteiger partial charge in [0.05, 0.1) is 5.41 Å². The van der Waals surface area contributed by atoms with E-state index in [1.807, 2.05) is 0 Å². The number of likely N-dealkylation sites (tertiary alicyclic amines) is 1. The Hall–Kier alpha value is -1.30. The van der Waals surface area contributed by atoms with Gasteiger partial charge in [0.2, 0.25) is 0 Å². The zero-order valence-electron chi connectivity index (χ0n) is 13.5. The van der Waals surface area contributed by atoms with Gasteiger partial charge < -0.3 is 20.1 Å². The summed E-state index contributed by atoms with van der Waals surface area (Å²) in [6, 6.07) is -0.136. The van der Waals surface area contributed by atoms with E-state index >= 15 is 0 Å². The Morgan fingerprint density at radius 1 is 1.36 bits per heavy atom. The molecule has 22 heavy (non-hydrogen) atoms. The second-order valence-electron chi connectivity index (χ2n) is 6.48. The lowest BCUT2D eigenvalue weighted by Gasteiger charge is -2.23. The van der Waals surface area contributed by atoms with Crippen molar-refractivity contribution in [2.75, 3.05) is 32.8 Å². The number of urea groups is 1. The summed E-state index contributed by atoms with van der Waals surface area (Å²) >= 11 is 0. The van der Waals surface area contributed by atoms with E-state index in [0.29, 0.717) is 32.7 Å². The summed E-state index contributed by atoms with van der Waals surface area (Å²) in [5, 5.41) is 12.4. The van der Waals surface area contributed by atoms with Crippen LogP contribution in [0.2, 0.25) is 0 Å². The van der Waals surface area contributed by atoms with Gasteiger partial charge in [-0.2, -0.15) is 0 Å². The molecule has 0 aromatic heterocycles. The molecule has 2 rings (SSSR count). The lowest BCUT2D eigenvalue weighted by molar-refractivity contribution is -0.149. The topological polar surface area (TPSA) is 78.9 Å². The van der Waals surface area contributed by atoms with Crippen LogP contribution >= 0.6 is 0 Å². The summed E-state index contributed by atoms with van der Waals surface area (Å²) in [6.45, 7) is 5.06. The first kappa shape index (κ1) is 17.1. The van der Waals surface area contributed by atoms with Crippen molar-refractivity contribution in [3.63, 3.8) is 0 Å². The first-order valence-electron chi connectivity index (χ1n) is 8.44. The van der Waals surface area contributed by atoms with E-state index in [0.717, 1.165) is 38.7 Å². The van der Waals surface area contributed by atoms with Gasteiger partial charge in [-0.1, -0.05) is 19.8 Å². The van der Waals surface area contributed by atoms with Crippen LogP contribution in [0.1, 0.15) is 45.4 Å². The lowest BCUT2D eigenvalue weighted by atomic mass is 9.81. The largest absolute Gasteiger partial charge is 0.481 e. The van der Waals surface area contributed by atoms with E-state index in [1.54, 1.807) is 4.90 Å². The van der Waals surface area contributed by atoms with Crippen molar-refractivity contribution in [2.24, 2.45) is 11.3 Å². The van der Waals surface area contributed by atoms with E-state index in [2.05, 4.69) is 12.2 Å². The minimum Gasteiger partial charge on any atom is -0.481 e. The molecule has 0 aromatic carbocycles. The van der Waals surface area contributed by atoms with E-state index in [9.17, 15) is 14.7 Å². The molecular weight excluding hydrogens is 284 g/mol. The van der Waals surface area contributed by atoms with Gasteiger partial charge >= 0.3 is 12.0 Å². The molecule has 2 N–H and O–H groups in total. The maximum atomic E-state index is 12.2. The van der Waals surface area contributed by atoms with Gasteiger partial charge in [0.25, 0.3) is 0 Å². The summed E-state index contributed by atoms with van der Waals surface area (Å²) in [5.74, 6) is -0.622. The van der Waals surface area contributed by atoms with Crippen molar-refractivity contribution in [1.29, 1.82) is 0 Å². The first-order valence-corrected chi connectivity index (χ1v) is 8.44. The fourth-order valence-electron chi connectivity index (χ4n) is 3.62. The Labute approximate surface area is 132 Å². The molecule has 1 aliphatic carbocycles. The van der Waals surface area contributed by atoms with Crippen LogP contribution in [-0.2, 0) is 9.53 Å². The molecular formula is C16H28N2O4. The van der Waals surface area contributed by atoms with Crippen molar-refractivity contribution in [2.45, 2.75) is 45.4 Å². The third-order valence-corrected chi connectivity index (χ3v) is 4.97. The number of ether oxygens (including phenoxy) is 1. The van der Waals surface area contributed by atoms with Gasteiger partial charge in [0, 0.05) is 32.8 Å². The number of unbranched alkanes of at least 4 members (excludes halogenated alkanes) is 1. The number of rotatable bonds is 8. The number of carbonyl (C=O) groups is 2. The third-order valence-electron chi connectivity index (χ3n) is 4.97. The van der Waals surface area contributed by atoms with Crippen molar-refractivity contribution < 1.29 is 19.4 Å². The number of aliphatic carboxylic acids is 1. The van der Waals surface area contributed by atoms with Crippen LogP contribution in [0.3, 0.4) is 0 Å². The minimum absolute atomic E-state index is 0.119. The molecule has 1 aliphatic heterocycles. The molecule has 0 unspecified atom stereocenters. The van der Waals surface area contributed by atoms with Gasteiger partial charge in [-0.25, -0.2) is 4.79 Å². The molecule has 2 fully saturated rings. The molecule has 0 bridgehead atoms. The predicted molar refractivity (Wildman–Crippen MR) is 82.7 cm³/mol. The molecule has 6 nitrogen and oxygen atoms in total. The number of carboxylic acid groups (broad SMARTS) is 1. The Balaban J connectivity index is 1.68. The zero-order chi connectivity index (χ0) is 16.0. The van der Waals surface area contributed by atoms with Crippen molar-refractivity contribution in [1.82, 2.24) is 10.2 Å². The van der Waals surface area contributed by atoms with Crippen molar-refractivity contribution >= 4 is 12.0 Å². The molecule has 0 radical (unpaired) electrons. The highest BCUT2D eigenvalue weighted by molar-refractivity contribution is 5.80. The Kier molecular flexibility index (Phi) is 6.06. The standard InChI is InChI=1S/C16H28N2O4/c1-2-3-9-22-10-5-8-17-15(21)18-11-13-6-4-7-16(13,12-18)14(19)20/h13H,2-12H2,1H3,(H,17,21)(H,19,20)/t13-,16+/m0/s1. The van der Waals surface area contributed by atoms with Crippen molar-refractivity contribution in [3.05, 3.63) is 0 Å². The highest BCUT2D eigenvalue weighted by atomic mass is 16.5. The summed E-state index contributed by atoms with van der Waals surface area (Å²) in [4.78, 5) is 25.4. The summed E-state index contributed by atoms with van der Waals surface area (Å²) < 4.78 is 5.45. The van der Waals surface area contributed by atoms with Crippen LogP contribution in [0.15, 0.2) is 0 Å². The van der Waals surface area contributed by atoms with Gasteiger partial charge in [0.1, 0.15) is 0 Å². The lowest BCUT2D eigenvalue weighted by Crippen LogP contribution is -2.42. The molecule has 0 aromatic rings.